The van der Waals surface area contributed by atoms with Gasteiger partial charge in [0.15, 0.2) is 11.6 Å². The van der Waals surface area contributed by atoms with Gasteiger partial charge < -0.3 is 10.1 Å². The molecule has 0 bridgehead atoms. The van der Waals surface area contributed by atoms with Crippen LogP contribution in [-0.4, -0.2) is 38.2 Å². The number of ether oxygens (including phenoxy) is 1. The van der Waals surface area contributed by atoms with E-state index in [1.54, 1.807) is 19.9 Å². The third kappa shape index (κ3) is 4.20. The molecule has 172 valence electrons. The lowest BCUT2D eigenvalue weighted by atomic mass is 10.1. The summed E-state index contributed by atoms with van der Waals surface area (Å²) in [6.07, 6.45) is 1.31. The third-order valence-electron chi connectivity index (χ3n) is 5.28. The fourth-order valence-corrected chi connectivity index (χ4v) is 3.62. The number of anilines is 1. The second-order valence-corrected chi connectivity index (χ2v) is 7.57. The summed E-state index contributed by atoms with van der Waals surface area (Å²) in [5.41, 5.74) is 2.16. The van der Waals surface area contributed by atoms with Crippen molar-refractivity contribution in [3.8, 4) is 5.82 Å². The van der Waals surface area contributed by atoms with Crippen LogP contribution in [0, 0.1) is 24.0 Å². The standard InChI is InChI=1S/C24H21N5O5/c1-4-34-24(31)18-13-25-28(21-12-14(2)17-7-5-6-8-19(17)26-21)22(18)27-23(30)16-9-10-20(29(32)33)15(3)11-16/h5-13H,4H2,1-3H3,(H,27,30). The maximum absolute atomic E-state index is 13.0. The van der Waals surface area contributed by atoms with E-state index in [1.165, 1.54) is 29.1 Å². The molecule has 2 aromatic carbocycles. The summed E-state index contributed by atoms with van der Waals surface area (Å²) in [6, 6.07) is 13.4. The van der Waals surface area contributed by atoms with Crippen LogP contribution in [0.4, 0.5) is 11.5 Å². The SMILES string of the molecule is CCOC(=O)c1cnn(-c2cc(C)c3ccccc3n2)c1NC(=O)c1ccc([N+](=O)[O-])c(C)c1. The van der Waals surface area contributed by atoms with E-state index in [0.717, 1.165) is 16.5 Å². The molecule has 10 heteroatoms. The Balaban J connectivity index is 1.79. The summed E-state index contributed by atoms with van der Waals surface area (Å²) in [5, 5.41) is 19.1. The number of nitro groups is 1. The van der Waals surface area contributed by atoms with Gasteiger partial charge in [-0.2, -0.15) is 9.78 Å². The molecule has 0 unspecified atom stereocenters. The van der Waals surface area contributed by atoms with Gasteiger partial charge in [0.05, 0.1) is 23.2 Å². The smallest absolute Gasteiger partial charge is 0.343 e. The Bertz CT molecular complexity index is 1440. The van der Waals surface area contributed by atoms with E-state index in [9.17, 15) is 19.7 Å². The number of pyridine rings is 1. The van der Waals surface area contributed by atoms with Crippen LogP contribution >= 0.6 is 0 Å². The predicted octanol–water partition coefficient (Wildman–Crippen LogP) is 4.37. The van der Waals surface area contributed by atoms with Gasteiger partial charge in [-0.25, -0.2) is 9.78 Å². The molecule has 4 aromatic rings. The molecule has 4 rings (SSSR count). The van der Waals surface area contributed by atoms with Crippen molar-refractivity contribution in [2.75, 3.05) is 11.9 Å². The highest BCUT2D eigenvalue weighted by Crippen LogP contribution is 2.26. The number of rotatable bonds is 6. The summed E-state index contributed by atoms with van der Waals surface area (Å²) in [6.45, 7) is 5.30. The average molecular weight is 459 g/mol. The molecule has 2 heterocycles. The van der Waals surface area contributed by atoms with Gasteiger partial charge in [-0.15, -0.1) is 0 Å². The predicted molar refractivity (Wildman–Crippen MR) is 125 cm³/mol. The van der Waals surface area contributed by atoms with Gasteiger partial charge in [0.1, 0.15) is 5.56 Å². The van der Waals surface area contributed by atoms with Gasteiger partial charge in [-0.1, -0.05) is 18.2 Å². The number of amides is 1. The van der Waals surface area contributed by atoms with Crippen LogP contribution in [0.2, 0.25) is 0 Å². The van der Waals surface area contributed by atoms with Crippen molar-refractivity contribution >= 4 is 34.3 Å². The van der Waals surface area contributed by atoms with Gasteiger partial charge >= 0.3 is 5.97 Å². The quantitative estimate of drug-likeness (QED) is 0.257. The molecule has 0 fully saturated rings. The lowest BCUT2D eigenvalue weighted by Gasteiger charge is -2.12. The minimum atomic E-state index is -0.651. The van der Waals surface area contributed by atoms with Gasteiger partial charge in [0.2, 0.25) is 0 Å². The van der Waals surface area contributed by atoms with Crippen molar-refractivity contribution in [3.05, 3.63) is 87.1 Å². The highest BCUT2D eigenvalue weighted by Gasteiger charge is 2.24. The Hall–Kier alpha value is -4.60. The molecule has 0 aliphatic rings. The van der Waals surface area contributed by atoms with Crippen LogP contribution < -0.4 is 5.32 Å². The molecule has 0 radical (unpaired) electrons. The maximum Gasteiger partial charge on any atom is 0.343 e. The zero-order valence-corrected chi connectivity index (χ0v) is 18.7. The van der Waals surface area contributed by atoms with E-state index in [1.807, 2.05) is 31.2 Å². The fourth-order valence-electron chi connectivity index (χ4n) is 3.62. The first-order valence-electron chi connectivity index (χ1n) is 10.5. The lowest BCUT2D eigenvalue weighted by molar-refractivity contribution is -0.385. The Morgan fingerprint density at radius 2 is 1.88 bits per heavy atom. The Morgan fingerprint density at radius 1 is 1.12 bits per heavy atom. The molecular formula is C24H21N5O5. The second-order valence-electron chi connectivity index (χ2n) is 7.57. The molecule has 34 heavy (non-hydrogen) atoms. The number of nitrogens with zero attached hydrogens (tertiary/aromatic N) is 4. The molecular weight excluding hydrogens is 438 g/mol. The summed E-state index contributed by atoms with van der Waals surface area (Å²) >= 11 is 0. The molecule has 0 spiro atoms. The number of carbonyl (C=O) groups is 2. The Morgan fingerprint density at radius 3 is 2.59 bits per heavy atom. The molecule has 0 saturated heterocycles. The number of esters is 1. The van der Waals surface area contributed by atoms with E-state index in [2.05, 4.69) is 15.4 Å². The first-order valence-corrected chi connectivity index (χ1v) is 10.5. The minimum Gasteiger partial charge on any atom is -0.462 e. The molecule has 1 amide bonds. The number of carbonyl (C=O) groups excluding carboxylic acids is 2. The molecule has 2 aromatic heterocycles. The monoisotopic (exact) mass is 459 g/mol. The minimum absolute atomic E-state index is 0.0569. The number of para-hydroxylation sites is 1. The molecule has 0 saturated carbocycles. The number of aromatic nitrogens is 3. The molecule has 0 atom stereocenters. The van der Waals surface area contributed by atoms with Crippen LogP contribution in [0.25, 0.3) is 16.7 Å². The van der Waals surface area contributed by atoms with Gasteiger partial charge in [0, 0.05) is 22.6 Å². The van der Waals surface area contributed by atoms with Crippen LogP contribution in [0.1, 0.15) is 38.8 Å². The fraction of sp³-hybridized carbons (Fsp3) is 0.167. The highest BCUT2D eigenvalue weighted by atomic mass is 16.6. The lowest BCUT2D eigenvalue weighted by Crippen LogP contribution is -2.18. The van der Waals surface area contributed by atoms with Crippen molar-refractivity contribution in [1.29, 1.82) is 0 Å². The van der Waals surface area contributed by atoms with Crippen LogP contribution in [0.3, 0.4) is 0 Å². The van der Waals surface area contributed by atoms with E-state index in [-0.39, 0.29) is 29.2 Å². The van der Waals surface area contributed by atoms with Crippen molar-refractivity contribution in [2.45, 2.75) is 20.8 Å². The first kappa shape index (κ1) is 22.6. The number of benzene rings is 2. The summed E-state index contributed by atoms with van der Waals surface area (Å²) < 4.78 is 6.48. The summed E-state index contributed by atoms with van der Waals surface area (Å²) in [7, 11) is 0. The zero-order valence-electron chi connectivity index (χ0n) is 18.7. The number of nitro benzene ring substituents is 1. The van der Waals surface area contributed by atoms with Gasteiger partial charge in [-0.3, -0.25) is 14.9 Å². The Labute approximate surface area is 194 Å². The van der Waals surface area contributed by atoms with Crippen LogP contribution in [0.5, 0.6) is 0 Å². The third-order valence-corrected chi connectivity index (χ3v) is 5.28. The normalized spacial score (nSPS) is 10.8. The molecule has 0 aliphatic carbocycles. The van der Waals surface area contributed by atoms with Gasteiger partial charge in [-0.05, 0) is 50.6 Å². The topological polar surface area (TPSA) is 129 Å². The second kappa shape index (κ2) is 9.10. The van der Waals surface area contributed by atoms with Gasteiger partial charge in [0.25, 0.3) is 11.6 Å². The summed E-state index contributed by atoms with van der Waals surface area (Å²) in [4.78, 5) is 40.8. The highest BCUT2D eigenvalue weighted by molar-refractivity contribution is 6.07. The largest absolute Gasteiger partial charge is 0.462 e. The average Bonchev–Trinajstić information content (AvgIpc) is 3.22. The van der Waals surface area contributed by atoms with Crippen molar-refractivity contribution < 1.29 is 19.2 Å². The number of hydrogen-bond acceptors (Lipinski definition) is 7. The number of nitrogens with one attached hydrogen (secondary N) is 1. The van der Waals surface area contributed by atoms with E-state index in [0.29, 0.717) is 11.4 Å². The molecule has 1 N–H and O–H groups in total. The zero-order chi connectivity index (χ0) is 24.4. The molecule has 0 aliphatic heterocycles. The Kier molecular flexibility index (Phi) is 6.05. The maximum atomic E-state index is 13.0. The van der Waals surface area contributed by atoms with E-state index < -0.39 is 16.8 Å². The molecule has 10 nitrogen and oxygen atoms in total. The van der Waals surface area contributed by atoms with Crippen LogP contribution in [-0.2, 0) is 4.74 Å². The van der Waals surface area contributed by atoms with E-state index in [4.69, 9.17) is 4.74 Å². The van der Waals surface area contributed by atoms with Crippen molar-refractivity contribution in [3.63, 3.8) is 0 Å². The van der Waals surface area contributed by atoms with Crippen molar-refractivity contribution in [1.82, 2.24) is 14.8 Å². The van der Waals surface area contributed by atoms with Crippen molar-refractivity contribution in [2.24, 2.45) is 0 Å². The number of fused-ring (bicyclic) bond motifs is 1. The number of hydrogen-bond donors (Lipinski definition) is 1. The number of aryl methyl sites for hydroxylation is 2. The first-order chi connectivity index (χ1) is 16.3. The van der Waals surface area contributed by atoms with Crippen LogP contribution in [0.15, 0.2) is 54.7 Å². The van der Waals surface area contributed by atoms with E-state index >= 15 is 0 Å². The summed E-state index contributed by atoms with van der Waals surface area (Å²) in [5.74, 6) is -0.729.